The van der Waals surface area contributed by atoms with E-state index in [2.05, 4.69) is 61.2 Å². The van der Waals surface area contributed by atoms with Crippen molar-refractivity contribution >= 4 is 34.4 Å². The molecule has 166 valence electrons. The average Bonchev–Trinajstić information content (AvgIpc) is 3.13. The zero-order chi connectivity index (χ0) is 22.6. The molecule has 31 heavy (non-hydrogen) atoms. The lowest BCUT2D eigenvalue weighted by molar-refractivity contribution is -0.124. The Balaban J connectivity index is 1.61. The van der Waals surface area contributed by atoms with Crippen molar-refractivity contribution in [2.24, 2.45) is 5.41 Å². The number of thioether (sulfide) groups is 1. The molecule has 0 atom stereocenters. The Bertz CT molecular complexity index is 977. The average molecular weight is 438 g/mol. The van der Waals surface area contributed by atoms with E-state index in [1.807, 2.05) is 38.1 Å². The van der Waals surface area contributed by atoms with E-state index in [1.165, 1.54) is 11.1 Å². The molecule has 3 rings (SSSR count). The molecular formula is C26H35N3OS. The van der Waals surface area contributed by atoms with Crippen molar-refractivity contribution in [1.29, 1.82) is 0 Å². The number of anilines is 1. The minimum absolute atomic E-state index is 0.0937. The lowest BCUT2D eigenvalue weighted by atomic mass is 9.86. The zero-order valence-electron chi connectivity index (χ0n) is 19.6. The first-order chi connectivity index (χ1) is 14.7. The van der Waals surface area contributed by atoms with E-state index in [-0.39, 0.29) is 5.91 Å². The van der Waals surface area contributed by atoms with E-state index in [1.54, 1.807) is 11.8 Å². The number of amides is 1. The fraction of sp³-hybridized carbons (Fsp3) is 0.462. The number of carbonyl (C=O) groups is 1. The van der Waals surface area contributed by atoms with E-state index >= 15 is 0 Å². The highest BCUT2D eigenvalue weighted by atomic mass is 32.2. The molecule has 0 saturated carbocycles. The second-order valence-corrected chi connectivity index (χ2v) is 10.6. The SMILES string of the molecule is CC(C)c1cccc(C(C)C)c1NC(=O)C(C)(C)CCCSc1nc2ccccc2[nH]1. The summed E-state index contributed by atoms with van der Waals surface area (Å²) < 4.78 is 0. The largest absolute Gasteiger partial charge is 0.333 e. The van der Waals surface area contributed by atoms with Gasteiger partial charge in [0.1, 0.15) is 0 Å². The smallest absolute Gasteiger partial charge is 0.230 e. The van der Waals surface area contributed by atoms with Gasteiger partial charge in [-0.1, -0.05) is 83.6 Å². The minimum atomic E-state index is -0.438. The van der Waals surface area contributed by atoms with E-state index < -0.39 is 5.41 Å². The standard InChI is InChI=1S/C26H35N3OS/c1-17(2)19-11-9-12-20(18(3)4)23(19)29-24(30)26(5,6)15-10-16-31-25-27-21-13-7-8-14-22(21)28-25/h7-9,11-14,17-18H,10,15-16H2,1-6H3,(H,27,28)(H,29,30). The molecule has 0 saturated heterocycles. The number of para-hydroxylation sites is 3. The highest BCUT2D eigenvalue weighted by molar-refractivity contribution is 7.99. The van der Waals surface area contributed by atoms with Crippen molar-refractivity contribution in [2.45, 2.75) is 71.4 Å². The number of fused-ring (bicyclic) bond motifs is 1. The van der Waals surface area contributed by atoms with Crippen LogP contribution in [0.25, 0.3) is 11.0 Å². The Labute approximate surface area is 190 Å². The van der Waals surface area contributed by atoms with E-state index in [4.69, 9.17) is 0 Å². The third-order valence-corrected chi connectivity index (χ3v) is 6.74. The predicted molar refractivity (Wildman–Crippen MR) is 133 cm³/mol. The number of aromatic amines is 1. The molecule has 2 N–H and O–H groups in total. The minimum Gasteiger partial charge on any atom is -0.333 e. The van der Waals surface area contributed by atoms with Crippen LogP contribution in [0.3, 0.4) is 0 Å². The van der Waals surface area contributed by atoms with Gasteiger partial charge >= 0.3 is 0 Å². The van der Waals surface area contributed by atoms with Crippen molar-refractivity contribution in [2.75, 3.05) is 11.1 Å². The summed E-state index contributed by atoms with van der Waals surface area (Å²) in [6, 6.07) is 14.4. The normalized spacial score (nSPS) is 12.1. The molecule has 0 bridgehead atoms. The Morgan fingerprint density at radius 3 is 2.29 bits per heavy atom. The van der Waals surface area contributed by atoms with Crippen LogP contribution in [0.4, 0.5) is 5.69 Å². The first-order valence-electron chi connectivity index (χ1n) is 11.2. The predicted octanol–water partition coefficient (Wildman–Crippen LogP) is 7.35. The summed E-state index contributed by atoms with van der Waals surface area (Å²) in [4.78, 5) is 21.2. The summed E-state index contributed by atoms with van der Waals surface area (Å²) in [6.45, 7) is 12.8. The fourth-order valence-corrected chi connectivity index (χ4v) is 4.60. The quantitative estimate of drug-likeness (QED) is 0.272. The van der Waals surface area contributed by atoms with Gasteiger partial charge in [-0.05, 0) is 47.9 Å². The van der Waals surface area contributed by atoms with Crippen LogP contribution in [0.2, 0.25) is 0 Å². The Morgan fingerprint density at radius 2 is 1.68 bits per heavy atom. The van der Waals surface area contributed by atoms with E-state index in [0.29, 0.717) is 11.8 Å². The monoisotopic (exact) mass is 437 g/mol. The molecule has 0 fully saturated rings. The number of imidazole rings is 1. The second kappa shape index (κ2) is 9.90. The van der Waals surface area contributed by atoms with Gasteiger partial charge in [0.2, 0.25) is 5.91 Å². The Kier molecular flexibility index (Phi) is 7.47. The molecule has 0 aliphatic heterocycles. The van der Waals surface area contributed by atoms with Crippen LogP contribution in [-0.4, -0.2) is 21.6 Å². The lowest BCUT2D eigenvalue weighted by Gasteiger charge is -2.27. The number of nitrogens with zero attached hydrogens (tertiary/aromatic N) is 1. The summed E-state index contributed by atoms with van der Waals surface area (Å²) in [7, 11) is 0. The molecule has 0 radical (unpaired) electrons. The van der Waals surface area contributed by atoms with Crippen LogP contribution in [0.5, 0.6) is 0 Å². The van der Waals surface area contributed by atoms with Crippen molar-refractivity contribution in [3.05, 3.63) is 53.6 Å². The molecule has 0 aliphatic rings. The molecule has 1 amide bonds. The first kappa shape index (κ1) is 23.4. The first-order valence-corrected chi connectivity index (χ1v) is 12.2. The number of nitrogens with one attached hydrogen (secondary N) is 2. The maximum atomic E-state index is 13.2. The fourth-order valence-electron chi connectivity index (χ4n) is 3.77. The number of rotatable bonds is 9. The summed E-state index contributed by atoms with van der Waals surface area (Å²) in [5.41, 5.74) is 5.03. The number of aromatic nitrogens is 2. The summed E-state index contributed by atoms with van der Waals surface area (Å²) in [6.07, 6.45) is 1.78. The van der Waals surface area contributed by atoms with Crippen LogP contribution in [0.1, 0.15) is 77.3 Å². The van der Waals surface area contributed by atoms with Crippen LogP contribution in [-0.2, 0) is 4.79 Å². The van der Waals surface area contributed by atoms with Gasteiger partial charge in [-0.2, -0.15) is 0 Å². The van der Waals surface area contributed by atoms with Gasteiger partial charge in [0.05, 0.1) is 11.0 Å². The van der Waals surface area contributed by atoms with Crippen molar-refractivity contribution in [1.82, 2.24) is 9.97 Å². The summed E-state index contributed by atoms with van der Waals surface area (Å²) in [5.74, 6) is 1.74. The molecular weight excluding hydrogens is 402 g/mol. The maximum Gasteiger partial charge on any atom is 0.230 e. The number of hydrogen-bond donors (Lipinski definition) is 2. The van der Waals surface area contributed by atoms with Gasteiger partial charge in [0.15, 0.2) is 5.16 Å². The molecule has 4 nitrogen and oxygen atoms in total. The van der Waals surface area contributed by atoms with Gasteiger partial charge < -0.3 is 10.3 Å². The van der Waals surface area contributed by atoms with E-state index in [0.717, 1.165) is 40.5 Å². The van der Waals surface area contributed by atoms with E-state index in [9.17, 15) is 4.79 Å². The van der Waals surface area contributed by atoms with Gasteiger partial charge in [0.25, 0.3) is 0 Å². The molecule has 0 aliphatic carbocycles. The Morgan fingerprint density at radius 1 is 1.03 bits per heavy atom. The van der Waals surface area contributed by atoms with Crippen molar-refractivity contribution in [3.8, 4) is 0 Å². The van der Waals surface area contributed by atoms with Crippen LogP contribution < -0.4 is 5.32 Å². The Hall–Kier alpha value is -2.27. The third kappa shape index (κ3) is 5.70. The van der Waals surface area contributed by atoms with Crippen molar-refractivity contribution < 1.29 is 4.79 Å². The van der Waals surface area contributed by atoms with Gasteiger partial charge in [-0.25, -0.2) is 4.98 Å². The molecule has 2 aromatic carbocycles. The van der Waals surface area contributed by atoms with Gasteiger partial charge in [-0.3, -0.25) is 4.79 Å². The van der Waals surface area contributed by atoms with Crippen molar-refractivity contribution in [3.63, 3.8) is 0 Å². The highest BCUT2D eigenvalue weighted by Crippen LogP contribution is 2.34. The highest BCUT2D eigenvalue weighted by Gasteiger charge is 2.29. The third-order valence-electron chi connectivity index (χ3n) is 5.78. The molecule has 0 unspecified atom stereocenters. The number of H-pyrrole nitrogens is 1. The van der Waals surface area contributed by atoms with Gasteiger partial charge in [-0.15, -0.1) is 0 Å². The van der Waals surface area contributed by atoms with Crippen LogP contribution >= 0.6 is 11.8 Å². The summed E-state index contributed by atoms with van der Waals surface area (Å²) in [5, 5.41) is 4.23. The molecule has 0 spiro atoms. The molecule has 1 heterocycles. The van der Waals surface area contributed by atoms with Crippen LogP contribution in [0.15, 0.2) is 47.6 Å². The number of carbonyl (C=O) groups excluding carboxylic acids is 1. The number of hydrogen-bond acceptors (Lipinski definition) is 3. The molecule has 3 aromatic rings. The van der Waals surface area contributed by atoms with Crippen LogP contribution in [0, 0.1) is 5.41 Å². The lowest BCUT2D eigenvalue weighted by Crippen LogP contribution is -2.31. The zero-order valence-corrected chi connectivity index (χ0v) is 20.4. The molecule has 1 aromatic heterocycles. The number of benzene rings is 2. The second-order valence-electron chi connectivity index (χ2n) is 9.47. The molecule has 5 heteroatoms. The maximum absolute atomic E-state index is 13.2. The topological polar surface area (TPSA) is 57.8 Å². The van der Waals surface area contributed by atoms with Gasteiger partial charge in [0, 0.05) is 16.9 Å². The summed E-state index contributed by atoms with van der Waals surface area (Å²) >= 11 is 1.72.